The molecule has 0 radical (unpaired) electrons. The van der Waals surface area contributed by atoms with E-state index in [0.717, 1.165) is 38.4 Å². The predicted molar refractivity (Wildman–Crippen MR) is 78.1 cm³/mol. The van der Waals surface area contributed by atoms with Crippen molar-refractivity contribution in [2.75, 3.05) is 46.8 Å². The molecule has 2 heterocycles. The maximum atomic E-state index is 12.1. The predicted octanol–water partition coefficient (Wildman–Crippen LogP) is 1.18. The zero-order valence-electron chi connectivity index (χ0n) is 12.5. The first kappa shape index (κ1) is 14.8. The second kappa shape index (κ2) is 7.25. The van der Waals surface area contributed by atoms with Crippen LogP contribution >= 0.6 is 0 Å². The lowest BCUT2D eigenvalue weighted by atomic mass is 9.93. The normalized spacial score (nSPS) is 25.7. The summed E-state index contributed by atoms with van der Waals surface area (Å²) in [6.07, 6.45) is 5.67. The number of likely N-dealkylation sites (tertiary alicyclic amines) is 1. The zero-order valence-corrected chi connectivity index (χ0v) is 12.5. The van der Waals surface area contributed by atoms with E-state index in [4.69, 9.17) is 0 Å². The van der Waals surface area contributed by atoms with E-state index in [1.54, 1.807) is 0 Å². The number of nitrogens with zero attached hydrogens (tertiary/aromatic N) is 2. The van der Waals surface area contributed by atoms with Crippen LogP contribution in [0.4, 0.5) is 0 Å². The van der Waals surface area contributed by atoms with Gasteiger partial charge in [0, 0.05) is 20.0 Å². The molecule has 1 amide bonds. The summed E-state index contributed by atoms with van der Waals surface area (Å²) in [5, 5.41) is 3.33. The van der Waals surface area contributed by atoms with Gasteiger partial charge in [0.1, 0.15) is 0 Å². The smallest absolute Gasteiger partial charge is 0.222 e. The minimum absolute atomic E-state index is 0.335. The SMILES string of the molecule is CN1CCC(CCN(C)C(=O)CC2CCNC2)CC1. The first-order chi connectivity index (χ1) is 9.15. The first-order valence-corrected chi connectivity index (χ1v) is 7.78. The van der Waals surface area contributed by atoms with E-state index in [9.17, 15) is 4.79 Å². The number of nitrogens with one attached hydrogen (secondary N) is 1. The van der Waals surface area contributed by atoms with E-state index in [2.05, 4.69) is 17.3 Å². The van der Waals surface area contributed by atoms with Crippen LogP contribution < -0.4 is 5.32 Å². The third kappa shape index (κ3) is 4.77. The quantitative estimate of drug-likeness (QED) is 0.812. The molecule has 110 valence electrons. The summed E-state index contributed by atoms with van der Waals surface area (Å²) in [5.41, 5.74) is 0. The Bertz CT molecular complexity index is 281. The van der Waals surface area contributed by atoms with Gasteiger partial charge in [0.25, 0.3) is 0 Å². The first-order valence-electron chi connectivity index (χ1n) is 7.78. The van der Waals surface area contributed by atoms with E-state index in [1.807, 2.05) is 11.9 Å². The Balaban J connectivity index is 1.62. The molecule has 19 heavy (non-hydrogen) atoms. The fraction of sp³-hybridized carbons (Fsp3) is 0.933. The van der Waals surface area contributed by atoms with Gasteiger partial charge >= 0.3 is 0 Å². The second-order valence-corrected chi connectivity index (χ2v) is 6.41. The third-order valence-corrected chi connectivity index (χ3v) is 4.76. The molecule has 2 aliphatic rings. The van der Waals surface area contributed by atoms with Gasteiger partial charge in [-0.25, -0.2) is 0 Å². The molecule has 4 heteroatoms. The standard InChI is InChI=1S/C15H29N3O/c1-17-8-4-13(5-9-17)6-10-18(2)15(19)11-14-3-7-16-12-14/h13-14,16H,3-12H2,1-2H3. The van der Waals surface area contributed by atoms with Gasteiger partial charge in [0.05, 0.1) is 0 Å². The van der Waals surface area contributed by atoms with Gasteiger partial charge in [-0.1, -0.05) is 0 Å². The molecular formula is C15H29N3O. The minimum atomic E-state index is 0.335. The molecule has 2 rings (SSSR count). The van der Waals surface area contributed by atoms with Gasteiger partial charge < -0.3 is 15.1 Å². The molecule has 2 fully saturated rings. The Morgan fingerprint density at radius 2 is 2.00 bits per heavy atom. The summed E-state index contributed by atoms with van der Waals surface area (Å²) < 4.78 is 0. The van der Waals surface area contributed by atoms with Crippen LogP contribution in [-0.4, -0.2) is 62.5 Å². The number of carbonyl (C=O) groups is 1. The van der Waals surface area contributed by atoms with E-state index in [-0.39, 0.29) is 0 Å². The van der Waals surface area contributed by atoms with Crippen molar-refractivity contribution in [3.05, 3.63) is 0 Å². The Hall–Kier alpha value is -0.610. The monoisotopic (exact) mass is 267 g/mol. The summed E-state index contributed by atoms with van der Waals surface area (Å²) in [4.78, 5) is 16.5. The van der Waals surface area contributed by atoms with Gasteiger partial charge in [0.2, 0.25) is 5.91 Å². The van der Waals surface area contributed by atoms with Crippen molar-refractivity contribution < 1.29 is 4.79 Å². The molecule has 2 aliphatic heterocycles. The fourth-order valence-corrected chi connectivity index (χ4v) is 3.14. The summed E-state index contributed by atoms with van der Waals surface area (Å²) in [6, 6.07) is 0. The van der Waals surface area contributed by atoms with Crippen LogP contribution in [0.5, 0.6) is 0 Å². The molecule has 0 spiro atoms. The molecule has 0 saturated carbocycles. The number of piperidine rings is 1. The molecule has 1 atom stereocenters. The van der Waals surface area contributed by atoms with Crippen LogP contribution in [-0.2, 0) is 4.79 Å². The summed E-state index contributed by atoms with van der Waals surface area (Å²) in [7, 11) is 4.17. The van der Waals surface area contributed by atoms with Crippen LogP contribution in [0.25, 0.3) is 0 Å². The summed E-state index contributed by atoms with van der Waals surface area (Å²) >= 11 is 0. The van der Waals surface area contributed by atoms with E-state index >= 15 is 0 Å². The van der Waals surface area contributed by atoms with Crippen molar-refractivity contribution in [2.45, 2.75) is 32.1 Å². The van der Waals surface area contributed by atoms with Gasteiger partial charge in [-0.3, -0.25) is 4.79 Å². The van der Waals surface area contributed by atoms with Crippen molar-refractivity contribution >= 4 is 5.91 Å². The van der Waals surface area contributed by atoms with Gasteiger partial charge in [-0.15, -0.1) is 0 Å². The highest BCUT2D eigenvalue weighted by molar-refractivity contribution is 5.76. The van der Waals surface area contributed by atoms with Crippen LogP contribution in [0.3, 0.4) is 0 Å². The highest BCUT2D eigenvalue weighted by Crippen LogP contribution is 2.20. The molecule has 0 bridgehead atoms. The van der Waals surface area contributed by atoms with Crippen LogP contribution in [0.2, 0.25) is 0 Å². The molecule has 0 aliphatic carbocycles. The third-order valence-electron chi connectivity index (χ3n) is 4.76. The average molecular weight is 267 g/mol. The highest BCUT2D eigenvalue weighted by Gasteiger charge is 2.21. The van der Waals surface area contributed by atoms with Crippen molar-refractivity contribution in [3.63, 3.8) is 0 Å². The maximum Gasteiger partial charge on any atom is 0.222 e. The number of hydrogen-bond donors (Lipinski definition) is 1. The van der Waals surface area contributed by atoms with Gasteiger partial charge in [-0.05, 0) is 70.7 Å². The number of hydrogen-bond acceptors (Lipinski definition) is 3. The maximum absolute atomic E-state index is 12.1. The van der Waals surface area contributed by atoms with Crippen LogP contribution in [0.15, 0.2) is 0 Å². The van der Waals surface area contributed by atoms with Crippen LogP contribution in [0, 0.1) is 11.8 Å². The molecule has 2 saturated heterocycles. The number of rotatable bonds is 5. The fourth-order valence-electron chi connectivity index (χ4n) is 3.14. The molecule has 4 nitrogen and oxygen atoms in total. The Morgan fingerprint density at radius 1 is 1.26 bits per heavy atom. The van der Waals surface area contributed by atoms with E-state index < -0.39 is 0 Å². The molecule has 0 aromatic carbocycles. The molecule has 1 unspecified atom stereocenters. The van der Waals surface area contributed by atoms with Gasteiger partial charge in [0.15, 0.2) is 0 Å². The number of carbonyl (C=O) groups excluding carboxylic acids is 1. The lowest BCUT2D eigenvalue weighted by molar-refractivity contribution is -0.131. The van der Waals surface area contributed by atoms with Crippen molar-refractivity contribution in [1.29, 1.82) is 0 Å². The largest absolute Gasteiger partial charge is 0.346 e. The summed E-state index contributed by atoms with van der Waals surface area (Å²) in [6.45, 7) is 5.48. The summed E-state index contributed by atoms with van der Waals surface area (Å²) in [5.74, 6) is 1.72. The average Bonchev–Trinajstić information content (AvgIpc) is 2.90. The van der Waals surface area contributed by atoms with E-state index in [1.165, 1.54) is 32.4 Å². The molecule has 0 aromatic heterocycles. The highest BCUT2D eigenvalue weighted by atomic mass is 16.2. The number of amides is 1. The van der Waals surface area contributed by atoms with Crippen LogP contribution in [0.1, 0.15) is 32.1 Å². The van der Waals surface area contributed by atoms with Crippen molar-refractivity contribution in [1.82, 2.24) is 15.1 Å². The molecule has 0 aromatic rings. The Morgan fingerprint density at radius 3 is 2.63 bits per heavy atom. The lowest BCUT2D eigenvalue weighted by Gasteiger charge is -2.30. The molecular weight excluding hydrogens is 238 g/mol. The van der Waals surface area contributed by atoms with Crippen molar-refractivity contribution in [2.24, 2.45) is 11.8 Å². The topological polar surface area (TPSA) is 35.6 Å². The Kier molecular flexibility index (Phi) is 5.64. The zero-order chi connectivity index (χ0) is 13.7. The lowest BCUT2D eigenvalue weighted by Crippen LogP contribution is -2.34. The van der Waals surface area contributed by atoms with Crippen molar-refractivity contribution in [3.8, 4) is 0 Å². The Labute approximate surface area is 117 Å². The van der Waals surface area contributed by atoms with Gasteiger partial charge in [-0.2, -0.15) is 0 Å². The second-order valence-electron chi connectivity index (χ2n) is 6.41. The van der Waals surface area contributed by atoms with E-state index in [0.29, 0.717) is 11.8 Å². The minimum Gasteiger partial charge on any atom is -0.346 e. The molecule has 1 N–H and O–H groups in total.